The first kappa shape index (κ1) is 10.5. The lowest BCUT2D eigenvalue weighted by Crippen LogP contribution is -2.31. The van der Waals surface area contributed by atoms with Gasteiger partial charge < -0.3 is 10.1 Å². The van der Waals surface area contributed by atoms with Crippen LogP contribution >= 0.6 is 0 Å². The van der Waals surface area contributed by atoms with Crippen LogP contribution in [0.25, 0.3) is 0 Å². The number of hydrogen-bond acceptors (Lipinski definition) is 3. The largest absolute Gasteiger partial charge is 0.379 e. The number of nitrogens with one attached hydrogen (secondary N) is 1. The Labute approximate surface area is 90.6 Å². The molecule has 1 aliphatic rings. The van der Waals surface area contributed by atoms with E-state index in [-0.39, 0.29) is 0 Å². The third kappa shape index (κ3) is 2.72. The molecule has 1 atom stereocenters. The van der Waals surface area contributed by atoms with Gasteiger partial charge in [-0.1, -0.05) is 6.92 Å². The molecule has 2 rings (SSSR count). The monoisotopic (exact) mass is 209 g/mol. The Hall–Kier alpha value is -1.03. The highest BCUT2D eigenvalue weighted by atomic mass is 16.5. The molecule has 1 aromatic heterocycles. The Balaban J connectivity index is 1.93. The summed E-state index contributed by atoms with van der Waals surface area (Å²) in [5, 5.41) is 7.77. The highest BCUT2D eigenvalue weighted by molar-refractivity contribution is 5.35. The third-order valence-electron chi connectivity index (χ3n) is 2.66. The molecule has 1 fully saturated rings. The second kappa shape index (κ2) is 5.16. The van der Waals surface area contributed by atoms with Crippen molar-refractivity contribution in [3.05, 3.63) is 12.3 Å². The summed E-state index contributed by atoms with van der Waals surface area (Å²) in [4.78, 5) is 0. The second-order valence-corrected chi connectivity index (χ2v) is 4.00. The van der Waals surface area contributed by atoms with Crippen molar-refractivity contribution >= 4 is 5.82 Å². The minimum atomic E-state index is 0.450. The topological polar surface area (TPSA) is 39.1 Å². The first-order chi connectivity index (χ1) is 7.40. The molecule has 4 heteroatoms. The van der Waals surface area contributed by atoms with Gasteiger partial charge in [0.2, 0.25) is 0 Å². The van der Waals surface area contributed by atoms with Crippen LogP contribution in [0.5, 0.6) is 0 Å². The van der Waals surface area contributed by atoms with E-state index < -0.39 is 0 Å². The van der Waals surface area contributed by atoms with Gasteiger partial charge in [0.05, 0.1) is 18.8 Å². The average Bonchev–Trinajstić information content (AvgIpc) is 2.68. The summed E-state index contributed by atoms with van der Waals surface area (Å²) in [6, 6.07) is 2.48. The molecule has 0 bridgehead atoms. The number of ether oxygens (including phenoxy) is 1. The zero-order chi connectivity index (χ0) is 10.5. The minimum Gasteiger partial charge on any atom is -0.379 e. The summed E-state index contributed by atoms with van der Waals surface area (Å²) < 4.78 is 7.46. The Morgan fingerprint density at radius 1 is 1.67 bits per heavy atom. The van der Waals surface area contributed by atoms with Crippen molar-refractivity contribution in [3.63, 3.8) is 0 Å². The summed E-state index contributed by atoms with van der Waals surface area (Å²) in [5.41, 5.74) is 0. The molecule has 1 saturated heterocycles. The molecule has 84 valence electrons. The molecule has 1 N–H and O–H groups in total. The number of aromatic nitrogens is 2. The maximum atomic E-state index is 5.44. The predicted octanol–water partition coefficient (Wildman–Crippen LogP) is 1.88. The molecule has 2 heterocycles. The lowest BCUT2D eigenvalue weighted by Gasteiger charge is -2.24. The molecule has 1 aliphatic heterocycles. The molecule has 15 heavy (non-hydrogen) atoms. The maximum Gasteiger partial charge on any atom is 0.124 e. The van der Waals surface area contributed by atoms with E-state index in [1.54, 1.807) is 0 Å². The van der Waals surface area contributed by atoms with E-state index in [2.05, 4.69) is 17.3 Å². The summed E-state index contributed by atoms with van der Waals surface area (Å²) in [6.07, 6.45) is 5.30. The molecule has 0 radical (unpaired) electrons. The van der Waals surface area contributed by atoms with Crippen molar-refractivity contribution < 1.29 is 4.74 Å². The zero-order valence-corrected chi connectivity index (χ0v) is 9.28. The third-order valence-corrected chi connectivity index (χ3v) is 2.66. The minimum absolute atomic E-state index is 0.450. The first-order valence-electron chi connectivity index (χ1n) is 5.76. The van der Waals surface area contributed by atoms with E-state index in [0.29, 0.717) is 6.04 Å². The number of hydrogen-bond donors (Lipinski definition) is 1. The van der Waals surface area contributed by atoms with Crippen LogP contribution in [0, 0.1) is 0 Å². The van der Waals surface area contributed by atoms with Crippen molar-refractivity contribution in [2.24, 2.45) is 0 Å². The molecule has 0 aromatic carbocycles. The maximum absolute atomic E-state index is 5.44. The Bertz CT molecular complexity index is 292. The lowest BCUT2D eigenvalue weighted by molar-refractivity contribution is 0.0874. The SMILES string of the molecule is CCCn1nccc1NC1CCCOC1. The van der Waals surface area contributed by atoms with E-state index in [9.17, 15) is 0 Å². The van der Waals surface area contributed by atoms with Gasteiger partial charge in [-0.05, 0) is 19.3 Å². The molecule has 1 aromatic rings. The average molecular weight is 209 g/mol. The Morgan fingerprint density at radius 2 is 2.60 bits per heavy atom. The van der Waals surface area contributed by atoms with E-state index in [4.69, 9.17) is 4.74 Å². The summed E-state index contributed by atoms with van der Waals surface area (Å²) >= 11 is 0. The van der Waals surface area contributed by atoms with E-state index in [0.717, 1.165) is 38.4 Å². The fourth-order valence-electron chi connectivity index (χ4n) is 1.91. The van der Waals surface area contributed by atoms with Crippen LogP contribution in [0.3, 0.4) is 0 Å². The smallest absolute Gasteiger partial charge is 0.124 e. The van der Waals surface area contributed by atoms with Gasteiger partial charge in [-0.15, -0.1) is 0 Å². The van der Waals surface area contributed by atoms with Gasteiger partial charge in [0.15, 0.2) is 0 Å². The van der Waals surface area contributed by atoms with Crippen molar-refractivity contribution in [3.8, 4) is 0 Å². The fourth-order valence-corrected chi connectivity index (χ4v) is 1.91. The zero-order valence-electron chi connectivity index (χ0n) is 9.28. The molecule has 4 nitrogen and oxygen atoms in total. The van der Waals surface area contributed by atoms with Gasteiger partial charge in [0.25, 0.3) is 0 Å². The standard InChI is InChI=1S/C11H19N3O/c1-2-7-14-11(5-6-12-14)13-10-4-3-8-15-9-10/h5-6,10,13H,2-4,7-9H2,1H3. The van der Waals surface area contributed by atoms with E-state index >= 15 is 0 Å². The molecular formula is C11H19N3O. The number of anilines is 1. The van der Waals surface area contributed by atoms with Crippen molar-refractivity contribution in [1.29, 1.82) is 0 Å². The number of aryl methyl sites for hydroxylation is 1. The number of nitrogens with zero attached hydrogens (tertiary/aromatic N) is 2. The quantitative estimate of drug-likeness (QED) is 0.823. The lowest BCUT2D eigenvalue weighted by atomic mass is 10.1. The van der Waals surface area contributed by atoms with Crippen LogP contribution < -0.4 is 5.32 Å². The van der Waals surface area contributed by atoms with E-state index in [1.165, 1.54) is 6.42 Å². The molecule has 0 saturated carbocycles. The number of rotatable bonds is 4. The van der Waals surface area contributed by atoms with Crippen LogP contribution in [0.2, 0.25) is 0 Å². The van der Waals surface area contributed by atoms with Crippen LogP contribution in [0.4, 0.5) is 5.82 Å². The van der Waals surface area contributed by atoms with Gasteiger partial charge in [-0.3, -0.25) is 0 Å². The first-order valence-corrected chi connectivity index (χ1v) is 5.76. The predicted molar refractivity (Wildman–Crippen MR) is 60.0 cm³/mol. The normalized spacial score (nSPS) is 21.5. The highest BCUT2D eigenvalue weighted by Gasteiger charge is 2.14. The Morgan fingerprint density at radius 3 is 3.33 bits per heavy atom. The van der Waals surface area contributed by atoms with Crippen LogP contribution in [-0.4, -0.2) is 29.0 Å². The summed E-state index contributed by atoms with van der Waals surface area (Å²) in [7, 11) is 0. The second-order valence-electron chi connectivity index (χ2n) is 4.00. The van der Waals surface area contributed by atoms with E-state index in [1.807, 2.05) is 16.9 Å². The van der Waals surface area contributed by atoms with Gasteiger partial charge in [-0.25, -0.2) is 4.68 Å². The Kier molecular flexibility index (Phi) is 3.61. The fraction of sp³-hybridized carbons (Fsp3) is 0.727. The van der Waals surface area contributed by atoms with Crippen molar-refractivity contribution in [2.45, 2.75) is 38.8 Å². The van der Waals surface area contributed by atoms with Crippen LogP contribution in [-0.2, 0) is 11.3 Å². The van der Waals surface area contributed by atoms with Gasteiger partial charge in [0, 0.05) is 19.2 Å². The molecule has 1 unspecified atom stereocenters. The van der Waals surface area contributed by atoms with Crippen molar-refractivity contribution in [1.82, 2.24) is 9.78 Å². The summed E-state index contributed by atoms with van der Waals surface area (Å²) in [5.74, 6) is 1.12. The molecule has 0 amide bonds. The van der Waals surface area contributed by atoms with Crippen LogP contribution in [0.15, 0.2) is 12.3 Å². The molecule has 0 aliphatic carbocycles. The van der Waals surface area contributed by atoms with Gasteiger partial charge in [-0.2, -0.15) is 5.10 Å². The van der Waals surface area contributed by atoms with Crippen LogP contribution in [0.1, 0.15) is 26.2 Å². The summed E-state index contributed by atoms with van der Waals surface area (Å²) in [6.45, 7) is 4.86. The molecule has 0 spiro atoms. The van der Waals surface area contributed by atoms with Gasteiger partial charge >= 0.3 is 0 Å². The van der Waals surface area contributed by atoms with Gasteiger partial charge in [0.1, 0.15) is 5.82 Å². The highest BCUT2D eigenvalue weighted by Crippen LogP contribution is 2.14. The molecular weight excluding hydrogens is 190 g/mol. The van der Waals surface area contributed by atoms with Crippen molar-refractivity contribution in [2.75, 3.05) is 18.5 Å².